The van der Waals surface area contributed by atoms with Crippen molar-refractivity contribution in [3.8, 4) is 0 Å². The van der Waals surface area contributed by atoms with E-state index in [-0.39, 0.29) is 0 Å². The lowest BCUT2D eigenvalue weighted by Gasteiger charge is -2.32. The largest absolute Gasteiger partial charge is 0.378 e. The van der Waals surface area contributed by atoms with Crippen molar-refractivity contribution < 1.29 is 4.74 Å². The first-order chi connectivity index (χ1) is 13.3. The predicted molar refractivity (Wildman–Crippen MR) is 110 cm³/mol. The lowest BCUT2D eigenvalue weighted by atomic mass is 9.92. The second kappa shape index (κ2) is 6.95. The Hall–Kier alpha value is -2.43. The van der Waals surface area contributed by atoms with Gasteiger partial charge in [-0.15, -0.1) is 0 Å². The summed E-state index contributed by atoms with van der Waals surface area (Å²) in [6, 6.07) is 14.5. The number of nitrogens with zero attached hydrogens (tertiary/aromatic N) is 3. The van der Waals surface area contributed by atoms with Crippen LogP contribution in [0.5, 0.6) is 0 Å². The maximum atomic E-state index is 6.21. The standard InChI is InChI=1S/C22H20ClN3O/c23-16-5-6-18-20(13-16)25-14-19(22(18)26-9-11-27-12-10-26)21-17-4-2-1-3-15(17)7-8-24-21/h1-6,13-14H,7-12H2. The van der Waals surface area contributed by atoms with Gasteiger partial charge in [0, 0.05) is 47.4 Å². The van der Waals surface area contributed by atoms with Crippen LogP contribution < -0.4 is 4.90 Å². The Bertz CT molecular complexity index is 1040. The van der Waals surface area contributed by atoms with Crippen molar-refractivity contribution in [3.63, 3.8) is 0 Å². The van der Waals surface area contributed by atoms with E-state index in [0.717, 1.165) is 61.4 Å². The van der Waals surface area contributed by atoms with Crippen LogP contribution in [0.1, 0.15) is 16.7 Å². The van der Waals surface area contributed by atoms with E-state index in [1.54, 1.807) is 0 Å². The Morgan fingerprint density at radius 2 is 1.85 bits per heavy atom. The number of morpholine rings is 1. The number of hydrogen-bond acceptors (Lipinski definition) is 4. The Labute approximate surface area is 163 Å². The number of halogens is 1. The van der Waals surface area contributed by atoms with Crippen LogP contribution in [-0.4, -0.2) is 43.5 Å². The molecule has 136 valence electrons. The monoisotopic (exact) mass is 377 g/mol. The molecule has 0 amide bonds. The van der Waals surface area contributed by atoms with Crippen LogP contribution in [0.3, 0.4) is 0 Å². The predicted octanol–water partition coefficient (Wildman–Crippen LogP) is 4.12. The third kappa shape index (κ3) is 2.99. The number of ether oxygens (including phenoxy) is 1. The zero-order valence-electron chi connectivity index (χ0n) is 15.0. The van der Waals surface area contributed by atoms with Crippen molar-refractivity contribution >= 4 is 33.9 Å². The van der Waals surface area contributed by atoms with E-state index in [1.165, 1.54) is 16.8 Å². The Balaban J connectivity index is 1.75. The van der Waals surface area contributed by atoms with Gasteiger partial charge in [0.2, 0.25) is 0 Å². The molecule has 1 aromatic heterocycles. The average Bonchev–Trinajstić information content (AvgIpc) is 2.73. The van der Waals surface area contributed by atoms with Gasteiger partial charge in [0.05, 0.1) is 30.1 Å². The number of fused-ring (bicyclic) bond motifs is 2. The minimum atomic E-state index is 0.705. The Morgan fingerprint density at radius 3 is 2.74 bits per heavy atom. The molecule has 0 aliphatic carbocycles. The van der Waals surface area contributed by atoms with Crippen molar-refractivity contribution in [2.45, 2.75) is 6.42 Å². The van der Waals surface area contributed by atoms with Crippen LogP contribution in [0.15, 0.2) is 53.7 Å². The maximum absolute atomic E-state index is 6.21. The Kier molecular flexibility index (Phi) is 4.30. The molecule has 0 saturated carbocycles. The van der Waals surface area contributed by atoms with Gasteiger partial charge in [0.15, 0.2) is 0 Å². The molecule has 1 saturated heterocycles. The molecule has 27 heavy (non-hydrogen) atoms. The number of aromatic nitrogens is 1. The molecule has 1 fully saturated rings. The molecule has 0 atom stereocenters. The molecule has 0 unspecified atom stereocenters. The van der Waals surface area contributed by atoms with Crippen LogP contribution in [0.25, 0.3) is 10.9 Å². The van der Waals surface area contributed by atoms with Crippen molar-refractivity contribution in [2.24, 2.45) is 4.99 Å². The Morgan fingerprint density at radius 1 is 1.00 bits per heavy atom. The molecule has 2 aliphatic rings. The molecular formula is C22H20ClN3O. The summed E-state index contributed by atoms with van der Waals surface area (Å²) in [5.41, 5.74) is 6.81. The zero-order chi connectivity index (χ0) is 18.2. The minimum Gasteiger partial charge on any atom is -0.378 e. The molecule has 2 aliphatic heterocycles. The highest BCUT2D eigenvalue weighted by atomic mass is 35.5. The van der Waals surface area contributed by atoms with Crippen molar-refractivity contribution in [2.75, 3.05) is 37.7 Å². The minimum absolute atomic E-state index is 0.705. The molecule has 0 radical (unpaired) electrons. The molecule has 4 nitrogen and oxygen atoms in total. The number of pyridine rings is 1. The summed E-state index contributed by atoms with van der Waals surface area (Å²) in [7, 11) is 0. The van der Waals surface area contributed by atoms with Crippen molar-refractivity contribution in [1.29, 1.82) is 0 Å². The first-order valence-corrected chi connectivity index (χ1v) is 9.73. The second-order valence-corrected chi connectivity index (χ2v) is 7.36. The third-order valence-electron chi connectivity index (χ3n) is 5.31. The fourth-order valence-corrected chi connectivity index (χ4v) is 4.19. The quantitative estimate of drug-likeness (QED) is 0.674. The first kappa shape index (κ1) is 16.7. The molecule has 3 aromatic rings. The normalized spacial score (nSPS) is 16.9. The van der Waals surface area contributed by atoms with Crippen LogP contribution in [0.2, 0.25) is 5.02 Å². The van der Waals surface area contributed by atoms with Gasteiger partial charge in [-0.05, 0) is 30.2 Å². The molecule has 5 heteroatoms. The fourth-order valence-electron chi connectivity index (χ4n) is 4.03. The SMILES string of the molecule is Clc1ccc2c(N3CCOCC3)c(C3=NCCc4ccccc43)cnc2c1. The van der Waals surface area contributed by atoms with Gasteiger partial charge in [0.1, 0.15) is 0 Å². The second-order valence-electron chi connectivity index (χ2n) is 6.92. The highest BCUT2D eigenvalue weighted by Gasteiger charge is 2.24. The summed E-state index contributed by atoms with van der Waals surface area (Å²) in [4.78, 5) is 12.0. The number of anilines is 1. The summed E-state index contributed by atoms with van der Waals surface area (Å²) < 4.78 is 5.59. The number of hydrogen-bond donors (Lipinski definition) is 0. The molecule has 2 aromatic carbocycles. The maximum Gasteiger partial charge on any atom is 0.0758 e. The highest BCUT2D eigenvalue weighted by molar-refractivity contribution is 6.31. The van der Waals surface area contributed by atoms with Crippen LogP contribution >= 0.6 is 11.6 Å². The summed E-state index contributed by atoms with van der Waals surface area (Å²) in [6.45, 7) is 4.01. The van der Waals surface area contributed by atoms with E-state index >= 15 is 0 Å². The van der Waals surface area contributed by atoms with E-state index in [4.69, 9.17) is 26.3 Å². The van der Waals surface area contributed by atoms with Crippen molar-refractivity contribution in [3.05, 3.63) is 70.4 Å². The molecular weight excluding hydrogens is 358 g/mol. The topological polar surface area (TPSA) is 37.7 Å². The van der Waals surface area contributed by atoms with Gasteiger partial charge in [-0.3, -0.25) is 9.98 Å². The van der Waals surface area contributed by atoms with Crippen LogP contribution in [0.4, 0.5) is 5.69 Å². The summed E-state index contributed by atoms with van der Waals surface area (Å²) in [6.07, 6.45) is 2.95. The van der Waals surface area contributed by atoms with E-state index < -0.39 is 0 Å². The van der Waals surface area contributed by atoms with Crippen LogP contribution in [0, 0.1) is 0 Å². The first-order valence-electron chi connectivity index (χ1n) is 9.35. The summed E-state index contributed by atoms with van der Waals surface area (Å²) in [5.74, 6) is 0. The van der Waals surface area contributed by atoms with E-state index in [0.29, 0.717) is 5.02 Å². The van der Waals surface area contributed by atoms with Gasteiger partial charge in [-0.2, -0.15) is 0 Å². The van der Waals surface area contributed by atoms with Gasteiger partial charge in [-0.25, -0.2) is 0 Å². The average molecular weight is 378 g/mol. The lowest BCUT2D eigenvalue weighted by Crippen LogP contribution is -2.37. The van der Waals surface area contributed by atoms with E-state index in [1.807, 2.05) is 18.3 Å². The number of aliphatic imine (C=N–C) groups is 1. The third-order valence-corrected chi connectivity index (χ3v) is 5.54. The van der Waals surface area contributed by atoms with E-state index in [2.05, 4.69) is 35.2 Å². The molecule has 5 rings (SSSR count). The molecule has 0 N–H and O–H groups in total. The van der Waals surface area contributed by atoms with Gasteiger partial charge < -0.3 is 9.64 Å². The summed E-state index contributed by atoms with van der Waals surface area (Å²) in [5, 5.41) is 1.82. The lowest BCUT2D eigenvalue weighted by molar-refractivity contribution is 0.123. The zero-order valence-corrected chi connectivity index (χ0v) is 15.7. The van der Waals surface area contributed by atoms with Gasteiger partial charge >= 0.3 is 0 Å². The van der Waals surface area contributed by atoms with E-state index in [9.17, 15) is 0 Å². The van der Waals surface area contributed by atoms with Gasteiger partial charge in [0.25, 0.3) is 0 Å². The number of benzene rings is 2. The molecule has 3 heterocycles. The molecule has 0 spiro atoms. The van der Waals surface area contributed by atoms with Gasteiger partial charge in [-0.1, -0.05) is 35.9 Å². The fraction of sp³-hybridized carbons (Fsp3) is 0.273. The summed E-state index contributed by atoms with van der Waals surface area (Å²) >= 11 is 6.21. The van der Waals surface area contributed by atoms with Crippen molar-refractivity contribution in [1.82, 2.24) is 4.98 Å². The van der Waals surface area contributed by atoms with Crippen LogP contribution in [-0.2, 0) is 11.2 Å². The smallest absolute Gasteiger partial charge is 0.0758 e. The number of rotatable bonds is 2. The highest BCUT2D eigenvalue weighted by Crippen LogP contribution is 2.34. The molecule has 0 bridgehead atoms.